The van der Waals surface area contributed by atoms with E-state index < -0.39 is 4.92 Å². The molecule has 27 heavy (non-hydrogen) atoms. The van der Waals surface area contributed by atoms with Gasteiger partial charge in [0.05, 0.1) is 10.8 Å². The van der Waals surface area contributed by atoms with E-state index >= 15 is 0 Å². The van der Waals surface area contributed by atoms with Crippen LogP contribution >= 0.6 is 15.9 Å². The second kappa shape index (κ2) is 8.62. The number of piperidine rings is 1. The molecular weight excluding hydrogens is 414 g/mol. The third-order valence-electron chi connectivity index (χ3n) is 4.68. The minimum absolute atomic E-state index is 0.0895. The number of aromatic nitrogens is 2. The Bertz CT molecular complexity index is 828. The van der Waals surface area contributed by atoms with E-state index in [9.17, 15) is 14.9 Å². The number of carbonyl (C=O) groups is 1. The zero-order chi connectivity index (χ0) is 19.4. The van der Waals surface area contributed by atoms with Crippen molar-refractivity contribution in [1.82, 2.24) is 14.7 Å². The van der Waals surface area contributed by atoms with Gasteiger partial charge in [0.15, 0.2) is 0 Å². The van der Waals surface area contributed by atoms with Crippen molar-refractivity contribution >= 4 is 33.3 Å². The van der Waals surface area contributed by atoms with Crippen molar-refractivity contribution in [2.75, 3.05) is 18.4 Å². The zero-order valence-corrected chi connectivity index (χ0v) is 16.7. The average Bonchev–Trinajstić information content (AvgIpc) is 2.93. The number of likely N-dealkylation sites (tertiary alicyclic amines) is 1. The predicted molar refractivity (Wildman–Crippen MR) is 106 cm³/mol. The van der Waals surface area contributed by atoms with Gasteiger partial charge in [-0.25, -0.2) is 0 Å². The first-order valence-electron chi connectivity index (χ1n) is 8.92. The van der Waals surface area contributed by atoms with Gasteiger partial charge in [0, 0.05) is 12.2 Å². The van der Waals surface area contributed by atoms with E-state index in [0.717, 1.165) is 19.6 Å². The van der Waals surface area contributed by atoms with Gasteiger partial charge in [-0.3, -0.25) is 9.69 Å². The van der Waals surface area contributed by atoms with E-state index in [-0.39, 0.29) is 18.3 Å². The molecular formula is C18H22BrN5O3. The molecule has 1 aliphatic rings. The fourth-order valence-corrected chi connectivity index (χ4v) is 3.61. The third-order valence-corrected chi connectivity index (χ3v) is 5.60. The predicted octanol–water partition coefficient (Wildman–Crippen LogP) is 3.49. The Labute approximate surface area is 165 Å². The van der Waals surface area contributed by atoms with Crippen LogP contribution in [0.25, 0.3) is 0 Å². The number of benzene rings is 1. The highest BCUT2D eigenvalue weighted by Crippen LogP contribution is 2.26. The van der Waals surface area contributed by atoms with Crippen LogP contribution in [0.1, 0.15) is 30.5 Å². The summed E-state index contributed by atoms with van der Waals surface area (Å²) in [6.07, 6.45) is 3.83. The number of nitro groups is 1. The molecule has 0 radical (unpaired) electrons. The Morgan fingerprint density at radius 2 is 1.93 bits per heavy atom. The van der Waals surface area contributed by atoms with E-state index in [2.05, 4.69) is 31.2 Å². The molecule has 1 N–H and O–H groups in total. The lowest BCUT2D eigenvalue weighted by atomic mass is 10.1. The lowest BCUT2D eigenvalue weighted by Crippen LogP contribution is -2.29. The molecule has 1 aromatic heterocycles. The molecule has 1 amide bonds. The summed E-state index contributed by atoms with van der Waals surface area (Å²) in [6, 6.07) is 7.80. The SMILES string of the molecule is Cc1c(Br)c([N+](=O)[O-])nn1CC(=O)Nc1ccc(CN2CCCCC2)cc1. The highest BCUT2D eigenvalue weighted by Gasteiger charge is 2.24. The van der Waals surface area contributed by atoms with Crippen LogP contribution in [0.3, 0.4) is 0 Å². The van der Waals surface area contributed by atoms with Gasteiger partial charge in [0.25, 0.3) is 0 Å². The molecule has 0 unspecified atom stereocenters. The summed E-state index contributed by atoms with van der Waals surface area (Å²) in [7, 11) is 0. The summed E-state index contributed by atoms with van der Waals surface area (Å²) in [5.74, 6) is -0.575. The summed E-state index contributed by atoms with van der Waals surface area (Å²) in [4.78, 5) is 25.1. The van der Waals surface area contributed by atoms with Crippen molar-refractivity contribution in [3.8, 4) is 0 Å². The second-order valence-corrected chi connectivity index (χ2v) is 7.51. The van der Waals surface area contributed by atoms with Gasteiger partial charge >= 0.3 is 5.82 Å². The maximum Gasteiger partial charge on any atom is 0.404 e. The van der Waals surface area contributed by atoms with Gasteiger partial charge in [-0.05, 0) is 71.4 Å². The molecule has 0 saturated carbocycles. The van der Waals surface area contributed by atoms with Crippen LogP contribution in [0.4, 0.5) is 11.5 Å². The summed E-state index contributed by atoms with van der Waals surface area (Å²) < 4.78 is 1.62. The minimum atomic E-state index is -0.577. The summed E-state index contributed by atoms with van der Waals surface area (Å²) in [5.41, 5.74) is 2.45. The maximum absolute atomic E-state index is 12.3. The van der Waals surface area contributed by atoms with Gasteiger partial charge in [0.1, 0.15) is 11.0 Å². The lowest BCUT2D eigenvalue weighted by molar-refractivity contribution is -0.390. The first-order valence-corrected chi connectivity index (χ1v) is 9.72. The molecule has 1 fully saturated rings. The van der Waals surface area contributed by atoms with Crippen LogP contribution < -0.4 is 5.32 Å². The fourth-order valence-electron chi connectivity index (χ4n) is 3.18. The van der Waals surface area contributed by atoms with E-state index in [1.165, 1.54) is 29.5 Å². The number of anilines is 1. The first kappa shape index (κ1) is 19.5. The molecule has 1 aliphatic heterocycles. The molecule has 0 bridgehead atoms. The van der Waals surface area contributed by atoms with Crippen molar-refractivity contribution in [2.45, 2.75) is 39.3 Å². The number of amides is 1. The van der Waals surface area contributed by atoms with Crippen molar-refractivity contribution in [2.24, 2.45) is 0 Å². The Hall–Kier alpha value is -2.26. The molecule has 1 aromatic carbocycles. The van der Waals surface area contributed by atoms with Crippen LogP contribution in [0, 0.1) is 17.0 Å². The molecule has 0 atom stereocenters. The Morgan fingerprint density at radius 1 is 1.26 bits per heavy atom. The standard InChI is InChI=1S/C18H22BrN5O3/c1-13-17(19)18(24(26)27)21-23(13)12-16(25)20-15-7-5-14(6-8-15)11-22-9-3-2-4-10-22/h5-8H,2-4,9-12H2,1H3,(H,20,25). The average molecular weight is 436 g/mol. The van der Waals surface area contributed by atoms with Crippen molar-refractivity contribution in [1.29, 1.82) is 0 Å². The summed E-state index contributed by atoms with van der Waals surface area (Å²) in [6.45, 7) is 4.80. The van der Waals surface area contributed by atoms with E-state index in [1.807, 2.05) is 24.3 Å². The topological polar surface area (TPSA) is 93.3 Å². The number of nitrogens with zero attached hydrogens (tertiary/aromatic N) is 4. The quantitative estimate of drug-likeness (QED) is 0.553. The summed E-state index contributed by atoms with van der Waals surface area (Å²) in [5, 5.41) is 17.6. The number of carbonyl (C=O) groups excluding carboxylic acids is 1. The molecule has 144 valence electrons. The van der Waals surface area contributed by atoms with Gasteiger partial charge in [0.2, 0.25) is 5.91 Å². The lowest BCUT2D eigenvalue weighted by Gasteiger charge is -2.26. The van der Waals surface area contributed by atoms with Crippen molar-refractivity contribution in [3.05, 3.63) is 50.1 Å². The normalized spacial score (nSPS) is 14.9. The van der Waals surface area contributed by atoms with Crippen LogP contribution in [-0.4, -0.2) is 38.6 Å². The minimum Gasteiger partial charge on any atom is -0.358 e. The monoisotopic (exact) mass is 435 g/mol. The Balaban J connectivity index is 1.58. The number of rotatable bonds is 6. The van der Waals surface area contributed by atoms with Crippen LogP contribution in [0.2, 0.25) is 0 Å². The van der Waals surface area contributed by atoms with E-state index in [4.69, 9.17) is 0 Å². The zero-order valence-electron chi connectivity index (χ0n) is 15.2. The number of nitrogens with one attached hydrogen (secondary N) is 1. The molecule has 0 aliphatic carbocycles. The van der Waals surface area contributed by atoms with Crippen molar-refractivity contribution in [3.63, 3.8) is 0 Å². The van der Waals surface area contributed by atoms with Gasteiger partial charge in [-0.2, -0.15) is 4.68 Å². The molecule has 2 heterocycles. The van der Waals surface area contributed by atoms with Crippen molar-refractivity contribution < 1.29 is 9.72 Å². The highest BCUT2D eigenvalue weighted by molar-refractivity contribution is 9.10. The number of hydrogen-bond acceptors (Lipinski definition) is 5. The second-order valence-electron chi connectivity index (χ2n) is 6.72. The Morgan fingerprint density at radius 3 is 2.52 bits per heavy atom. The van der Waals surface area contributed by atoms with Crippen LogP contribution in [0.15, 0.2) is 28.7 Å². The Kier molecular flexibility index (Phi) is 6.22. The highest BCUT2D eigenvalue weighted by atomic mass is 79.9. The van der Waals surface area contributed by atoms with E-state index in [0.29, 0.717) is 15.9 Å². The smallest absolute Gasteiger partial charge is 0.358 e. The molecule has 1 saturated heterocycles. The number of halogens is 1. The molecule has 3 rings (SSSR count). The third kappa shape index (κ3) is 4.92. The fraction of sp³-hybridized carbons (Fsp3) is 0.444. The van der Waals surface area contributed by atoms with E-state index in [1.54, 1.807) is 6.92 Å². The van der Waals surface area contributed by atoms with Crippen LogP contribution in [0.5, 0.6) is 0 Å². The number of hydrogen-bond donors (Lipinski definition) is 1. The van der Waals surface area contributed by atoms with Gasteiger partial charge in [-0.15, -0.1) is 0 Å². The molecule has 0 spiro atoms. The summed E-state index contributed by atoms with van der Waals surface area (Å²) >= 11 is 3.15. The molecule has 2 aromatic rings. The first-order chi connectivity index (χ1) is 12.9. The molecule has 9 heteroatoms. The van der Waals surface area contributed by atoms with Gasteiger partial charge in [-0.1, -0.05) is 18.6 Å². The van der Waals surface area contributed by atoms with Crippen LogP contribution in [-0.2, 0) is 17.9 Å². The molecule has 8 nitrogen and oxygen atoms in total. The largest absolute Gasteiger partial charge is 0.404 e. The van der Waals surface area contributed by atoms with Gasteiger partial charge < -0.3 is 15.4 Å². The maximum atomic E-state index is 12.3.